The quantitative estimate of drug-likeness (QED) is 0.177. The van der Waals surface area contributed by atoms with E-state index in [0.29, 0.717) is 0 Å². The number of fused-ring (bicyclic) bond motifs is 14. The van der Waals surface area contributed by atoms with Crippen molar-refractivity contribution in [3.05, 3.63) is 157 Å². The van der Waals surface area contributed by atoms with Gasteiger partial charge in [-0.1, -0.05) is 135 Å². The Balaban J connectivity index is 1.04. The van der Waals surface area contributed by atoms with Gasteiger partial charge in [-0.3, -0.25) is 4.98 Å². The predicted molar refractivity (Wildman–Crippen MR) is 208 cm³/mol. The lowest BCUT2D eigenvalue weighted by atomic mass is 9.81. The van der Waals surface area contributed by atoms with Gasteiger partial charge in [-0.15, -0.1) is 0 Å². The van der Waals surface area contributed by atoms with Crippen LogP contribution in [0.3, 0.4) is 0 Å². The van der Waals surface area contributed by atoms with Crippen LogP contribution in [-0.2, 0) is 5.41 Å². The first-order valence-corrected chi connectivity index (χ1v) is 17.2. The van der Waals surface area contributed by atoms with Crippen LogP contribution < -0.4 is 0 Å². The molecule has 2 aromatic heterocycles. The SMILES string of the molecule is CC1(C)c2cc(-c3cnc4c5ccccc5c5ccccc5c4n3)ccc2-c2ccc(-c3cccc4c3oc3ccc5ccccc5c34)cc21. The number of aromatic nitrogens is 2. The molecule has 0 saturated heterocycles. The largest absolute Gasteiger partial charge is 0.455 e. The van der Waals surface area contributed by atoms with Gasteiger partial charge in [0.15, 0.2) is 0 Å². The molecule has 0 radical (unpaired) electrons. The first-order chi connectivity index (χ1) is 24.5. The maximum Gasteiger partial charge on any atom is 0.143 e. The van der Waals surface area contributed by atoms with Crippen LogP contribution in [0, 0.1) is 0 Å². The second-order valence-electron chi connectivity index (χ2n) is 14.1. The molecular weight excluding hydrogens is 609 g/mol. The molecule has 0 saturated carbocycles. The molecule has 0 spiro atoms. The molecule has 8 aromatic carbocycles. The number of para-hydroxylation sites is 1. The molecule has 3 nitrogen and oxygen atoms in total. The Morgan fingerprint density at radius 2 is 1.12 bits per heavy atom. The molecule has 0 fully saturated rings. The first kappa shape index (κ1) is 27.6. The monoisotopic (exact) mass is 638 g/mol. The van der Waals surface area contributed by atoms with Crippen molar-refractivity contribution in [2.45, 2.75) is 19.3 Å². The second kappa shape index (κ2) is 9.87. The minimum absolute atomic E-state index is 0.207. The smallest absolute Gasteiger partial charge is 0.143 e. The number of furan rings is 1. The van der Waals surface area contributed by atoms with Crippen LogP contribution in [0.2, 0.25) is 0 Å². The molecule has 11 rings (SSSR count). The van der Waals surface area contributed by atoms with Gasteiger partial charge in [0.05, 0.1) is 22.9 Å². The van der Waals surface area contributed by atoms with E-state index < -0.39 is 0 Å². The summed E-state index contributed by atoms with van der Waals surface area (Å²) < 4.78 is 6.61. The van der Waals surface area contributed by atoms with E-state index in [1.807, 2.05) is 6.20 Å². The average molecular weight is 639 g/mol. The molecule has 0 amide bonds. The van der Waals surface area contributed by atoms with E-state index in [2.05, 4.69) is 153 Å². The summed E-state index contributed by atoms with van der Waals surface area (Å²) in [7, 11) is 0. The number of hydrogen-bond donors (Lipinski definition) is 0. The van der Waals surface area contributed by atoms with Gasteiger partial charge >= 0.3 is 0 Å². The third-order valence-corrected chi connectivity index (χ3v) is 11.1. The van der Waals surface area contributed by atoms with E-state index in [1.54, 1.807) is 0 Å². The molecule has 234 valence electrons. The van der Waals surface area contributed by atoms with Gasteiger partial charge in [-0.05, 0) is 67.6 Å². The predicted octanol–water partition coefficient (Wildman–Crippen LogP) is 12.6. The van der Waals surface area contributed by atoms with E-state index in [4.69, 9.17) is 14.4 Å². The molecular formula is C47H30N2O. The average Bonchev–Trinajstić information content (AvgIpc) is 3.67. The Labute approximate surface area is 288 Å². The zero-order valence-electron chi connectivity index (χ0n) is 27.7. The molecule has 1 aliphatic carbocycles. The number of benzene rings is 8. The number of nitrogens with zero attached hydrogens (tertiary/aromatic N) is 2. The molecule has 0 N–H and O–H groups in total. The van der Waals surface area contributed by atoms with Crippen LogP contribution >= 0.6 is 0 Å². The third-order valence-electron chi connectivity index (χ3n) is 11.1. The van der Waals surface area contributed by atoms with Crippen molar-refractivity contribution >= 4 is 65.3 Å². The van der Waals surface area contributed by atoms with Gasteiger partial charge in [0.25, 0.3) is 0 Å². The van der Waals surface area contributed by atoms with Crippen molar-refractivity contribution < 1.29 is 4.42 Å². The minimum Gasteiger partial charge on any atom is -0.455 e. The molecule has 3 heteroatoms. The molecule has 0 aliphatic heterocycles. The van der Waals surface area contributed by atoms with Crippen LogP contribution in [0.4, 0.5) is 0 Å². The molecule has 0 atom stereocenters. The van der Waals surface area contributed by atoms with Crippen molar-refractivity contribution in [1.29, 1.82) is 0 Å². The van der Waals surface area contributed by atoms with E-state index in [-0.39, 0.29) is 5.41 Å². The summed E-state index contributed by atoms with van der Waals surface area (Å²) in [4.78, 5) is 10.3. The topological polar surface area (TPSA) is 38.9 Å². The Bertz CT molecular complexity index is 3040. The lowest BCUT2D eigenvalue weighted by Gasteiger charge is -2.22. The van der Waals surface area contributed by atoms with Crippen molar-refractivity contribution in [2.75, 3.05) is 0 Å². The van der Waals surface area contributed by atoms with E-state index >= 15 is 0 Å². The lowest BCUT2D eigenvalue weighted by molar-refractivity contribution is 0.660. The highest BCUT2D eigenvalue weighted by Crippen LogP contribution is 2.51. The fourth-order valence-corrected chi connectivity index (χ4v) is 8.62. The summed E-state index contributed by atoms with van der Waals surface area (Å²) in [5.41, 5.74) is 13.0. The maximum atomic E-state index is 6.61. The third kappa shape index (κ3) is 3.69. The van der Waals surface area contributed by atoms with Crippen molar-refractivity contribution in [3.63, 3.8) is 0 Å². The van der Waals surface area contributed by atoms with Crippen LogP contribution in [0.1, 0.15) is 25.0 Å². The molecule has 50 heavy (non-hydrogen) atoms. The lowest BCUT2D eigenvalue weighted by Crippen LogP contribution is -2.15. The highest BCUT2D eigenvalue weighted by Gasteiger charge is 2.36. The maximum absolute atomic E-state index is 6.61. The van der Waals surface area contributed by atoms with Gasteiger partial charge < -0.3 is 4.42 Å². The van der Waals surface area contributed by atoms with Gasteiger partial charge in [0.1, 0.15) is 11.2 Å². The van der Waals surface area contributed by atoms with Gasteiger partial charge in [-0.2, -0.15) is 0 Å². The first-order valence-electron chi connectivity index (χ1n) is 17.2. The summed E-state index contributed by atoms with van der Waals surface area (Å²) in [6, 6.07) is 50.1. The Hall–Kier alpha value is -6.32. The van der Waals surface area contributed by atoms with Crippen LogP contribution in [0.5, 0.6) is 0 Å². The molecule has 2 heterocycles. The van der Waals surface area contributed by atoms with Gasteiger partial charge in [-0.25, -0.2) is 4.98 Å². The highest BCUT2D eigenvalue weighted by molar-refractivity contribution is 6.23. The molecule has 0 bridgehead atoms. The standard InChI is InChI=1S/C47H30N2O/c1-47(2)39-24-28(31-16-9-17-38-43-30-11-4-3-10-27(30)20-23-42(43)50-46(31)38)18-21-34(39)35-22-19-29(25-40(35)47)41-26-48-44-36-14-7-5-12-32(36)33-13-6-8-15-37(33)45(44)49-41/h3-26H,1-2H3. The van der Waals surface area contributed by atoms with Crippen LogP contribution in [0.15, 0.2) is 150 Å². The summed E-state index contributed by atoms with van der Waals surface area (Å²) in [5.74, 6) is 0. The van der Waals surface area contributed by atoms with E-state index in [9.17, 15) is 0 Å². The summed E-state index contributed by atoms with van der Waals surface area (Å²) in [6.45, 7) is 4.68. The molecule has 0 unspecified atom stereocenters. The van der Waals surface area contributed by atoms with Crippen LogP contribution in [-0.4, -0.2) is 9.97 Å². The number of hydrogen-bond acceptors (Lipinski definition) is 3. The summed E-state index contributed by atoms with van der Waals surface area (Å²) in [5, 5.41) is 9.45. The molecule has 10 aromatic rings. The summed E-state index contributed by atoms with van der Waals surface area (Å²) >= 11 is 0. The van der Waals surface area contributed by atoms with E-state index in [1.165, 1.54) is 54.7 Å². The van der Waals surface area contributed by atoms with Crippen molar-refractivity contribution in [1.82, 2.24) is 9.97 Å². The minimum atomic E-state index is -0.207. The zero-order valence-corrected chi connectivity index (χ0v) is 27.7. The zero-order chi connectivity index (χ0) is 33.1. The van der Waals surface area contributed by atoms with E-state index in [0.717, 1.165) is 55.2 Å². The molecule has 1 aliphatic rings. The van der Waals surface area contributed by atoms with Crippen molar-refractivity contribution in [3.8, 4) is 33.5 Å². The van der Waals surface area contributed by atoms with Crippen molar-refractivity contribution in [2.24, 2.45) is 0 Å². The second-order valence-corrected chi connectivity index (χ2v) is 14.1. The van der Waals surface area contributed by atoms with Gasteiger partial charge in [0, 0.05) is 38.1 Å². The normalized spacial score (nSPS) is 13.6. The summed E-state index contributed by atoms with van der Waals surface area (Å²) in [6.07, 6.45) is 1.94. The number of rotatable bonds is 2. The Kier molecular flexibility index (Phi) is 5.45. The van der Waals surface area contributed by atoms with Gasteiger partial charge in [0.2, 0.25) is 0 Å². The highest BCUT2D eigenvalue weighted by atomic mass is 16.3. The Morgan fingerprint density at radius 1 is 0.500 bits per heavy atom. The van der Waals surface area contributed by atoms with Crippen LogP contribution in [0.25, 0.3) is 98.8 Å². The Morgan fingerprint density at radius 3 is 1.88 bits per heavy atom. The fraction of sp³-hybridized carbons (Fsp3) is 0.0638. The fourth-order valence-electron chi connectivity index (χ4n) is 8.62.